The third-order valence-corrected chi connectivity index (χ3v) is 4.56. The molecule has 17 heavy (non-hydrogen) atoms. The summed E-state index contributed by atoms with van der Waals surface area (Å²) in [5.41, 5.74) is 0.611. The quantitative estimate of drug-likeness (QED) is 0.932. The number of pyridine rings is 1. The van der Waals surface area contributed by atoms with E-state index in [0.717, 1.165) is 11.0 Å². The van der Waals surface area contributed by atoms with Gasteiger partial charge in [0.2, 0.25) is 0 Å². The molecule has 92 valence electrons. The van der Waals surface area contributed by atoms with Crippen molar-refractivity contribution in [3.8, 4) is 0 Å². The van der Waals surface area contributed by atoms with E-state index in [4.69, 9.17) is 0 Å². The van der Waals surface area contributed by atoms with E-state index in [1.54, 1.807) is 18.5 Å². The smallest absolute Gasteiger partial charge is 0.252 e. The summed E-state index contributed by atoms with van der Waals surface area (Å²) in [6.07, 6.45) is 7.07. The van der Waals surface area contributed by atoms with Crippen LogP contribution in [-0.4, -0.2) is 28.4 Å². The summed E-state index contributed by atoms with van der Waals surface area (Å²) in [5.74, 6) is 1.18. The van der Waals surface area contributed by atoms with E-state index in [-0.39, 0.29) is 5.91 Å². The molecular weight excluding hydrogens is 300 g/mol. The number of hydrogen-bond acceptors (Lipinski definition) is 3. The molecule has 1 fully saturated rings. The highest BCUT2D eigenvalue weighted by molar-refractivity contribution is 9.10. The van der Waals surface area contributed by atoms with E-state index < -0.39 is 0 Å². The number of nitrogens with one attached hydrogen (secondary N) is 1. The second kappa shape index (κ2) is 6.40. The van der Waals surface area contributed by atoms with E-state index >= 15 is 0 Å². The number of hydrogen-bond donors (Lipinski definition) is 1. The van der Waals surface area contributed by atoms with Crippen LogP contribution >= 0.6 is 27.7 Å². The lowest BCUT2D eigenvalue weighted by molar-refractivity contribution is 0.0953. The number of carbonyl (C=O) groups excluding carboxylic acids is 1. The molecular formula is C12H15BrN2OS. The molecule has 2 rings (SSSR count). The zero-order valence-electron chi connectivity index (χ0n) is 9.49. The van der Waals surface area contributed by atoms with Gasteiger partial charge in [-0.1, -0.05) is 6.42 Å². The first-order chi connectivity index (χ1) is 8.25. The van der Waals surface area contributed by atoms with Gasteiger partial charge in [0.15, 0.2) is 0 Å². The minimum atomic E-state index is -0.0371. The van der Waals surface area contributed by atoms with Crippen molar-refractivity contribution >= 4 is 33.6 Å². The first-order valence-corrected chi connectivity index (χ1v) is 7.60. The number of aromatic nitrogens is 1. The van der Waals surface area contributed by atoms with Gasteiger partial charge in [-0.05, 0) is 40.6 Å². The Morgan fingerprint density at radius 3 is 3.12 bits per heavy atom. The molecule has 0 spiro atoms. The third kappa shape index (κ3) is 4.00. The summed E-state index contributed by atoms with van der Waals surface area (Å²) in [6, 6.07) is 1.79. The van der Waals surface area contributed by atoms with Gasteiger partial charge in [-0.25, -0.2) is 0 Å². The van der Waals surface area contributed by atoms with E-state index in [2.05, 4.69) is 26.2 Å². The van der Waals surface area contributed by atoms with Gasteiger partial charge in [0.05, 0.1) is 5.56 Å². The van der Waals surface area contributed by atoms with E-state index in [9.17, 15) is 4.79 Å². The maximum Gasteiger partial charge on any atom is 0.252 e. The number of carbonyl (C=O) groups is 1. The van der Waals surface area contributed by atoms with Crippen LogP contribution in [0.4, 0.5) is 0 Å². The third-order valence-electron chi connectivity index (χ3n) is 2.73. The Morgan fingerprint density at radius 2 is 2.41 bits per heavy atom. The molecule has 5 heteroatoms. The summed E-state index contributed by atoms with van der Waals surface area (Å²) in [7, 11) is 0. The van der Waals surface area contributed by atoms with Gasteiger partial charge in [0.25, 0.3) is 5.91 Å². The molecule has 1 N–H and O–H groups in total. The van der Waals surface area contributed by atoms with Crippen molar-refractivity contribution < 1.29 is 4.79 Å². The molecule has 1 atom stereocenters. The van der Waals surface area contributed by atoms with E-state index in [1.165, 1.54) is 25.0 Å². The van der Waals surface area contributed by atoms with Crippen LogP contribution in [-0.2, 0) is 0 Å². The first-order valence-electron chi connectivity index (χ1n) is 5.76. The molecule has 1 aliphatic rings. The normalized spacial score (nSPS) is 19.9. The average Bonchev–Trinajstić information content (AvgIpc) is 2.37. The van der Waals surface area contributed by atoms with E-state index in [0.29, 0.717) is 10.8 Å². The lowest BCUT2D eigenvalue weighted by Crippen LogP contribution is -2.31. The maximum absolute atomic E-state index is 11.9. The number of halogens is 1. The summed E-state index contributed by atoms with van der Waals surface area (Å²) in [4.78, 5) is 15.8. The van der Waals surface area contributed by atoms with Gasteiger partial charge in [0, 0.05) is 28.7 Å². The zero-order valence-corrected chi connectivity index (χ0v) is 11.9. The number of rotatable bonds is 3. The van der Waals surface area contributed by atoms with Crippen molar-refractivity contribution in [2.75, 3.05) is 12.3 Å². The second-order valence-electron chi connectivity index (χ2n) is 4.09. The zero-order chi connectivity index (χ0) is 12.1. The van der Waals surface area contributed by atoms with Crippen molar-refractivity contribution in [3.05, 3.63) is 28.5 Å². The van der Waals surface area contributed by atoms with E-state index in [1.807, 2.05) is 11.8 Å². The van der Waals surface area contributed by atoms with Crippen molar-refractivity contribution in [1.29, 1.82) is 0 Å². The highest BCUT2D eigenvalue weighted by Gasteiger charge is 2.15. The van der Waals surface area contributed by atoms with Crippen molar-refractivity contribution in [3.63, 3.8) is 0 Å². The molecule has 1 aromatic rings. The van der Waals surface area contributed by atoms with Crippen LogP contribution in [0.15, 0.2) is 22.9 Å². The SMILES string of the molecule is O=C(NCC1CCCCS1)c1cncc(Br)c1. The average molecular weight is 315 g/mol. The minimum absolute atomic E-state index is 0.0371. The Morgan fingerprint density at radius 1 is 1.53 bits per heavy atom. The Balaban J connectivity index is 1.84. The van der Waals surface area contributed by atoms with Gasteiger partial charge >= 0.3 is 0 Å². The van der Waals surface area contributed by atoms with Crippen LogP contribution in [0.2, 0.25) is 0 Å². The summed E-state index contributed by atoms with van der Waals surface area (Å²) >= 11 is 5.28. The molecule has 1 unspecified atom stereocenters. The lowest BCUT2D eigenvalue weighted by atomic mass is 10.2. The Kier molecular flexibility index (Phi) is 4.86. The molecule has 1 amide bonds. The van der Waals surface area contributed by atoms with Crippen LogP contribution in [0.5, 0.6) is 0 Å². The fraction of sp³-hybridized carbons (Fsp3) is 0.500. The summed E-state index contributed by atoms with van der Waals surface area (Å²) in [5, 5.41) is 3.55. The predicted molar refractivity (Wildman–Crippen MR) is 74.4 cm³/mol. The Hall–Kier alpha value is -0.550. The molecule has 3 nitrogen and oxygen atoms in total. The molecule has 1 aliphatic heterocycles. The molecule has 0 aliphatic carbocycles. The first kappa shape index (κ1) is 12.9. The molecule has 1 saturated heterocycles. The molecule has 0 saturated carbocycles. The Labute approximate surface area is 114 Å². The van der Waals surface area contributed by atoms with Gasteiger partial charge < -0.3 is 5.32 Å². The number of nitrogens with zero attached hydrogens (tertiary/aromatic N) is 1. The predicted octanol–water partition coefficient (Wildman–Crippen LogP) is 2.86. The maximum atomic E-state index is 11.9. The van der Waals surface area contributed by atoms with Crippen molar-refractivity contribution in [2.24, 2.45) is 0 Å². The molecule has 1 aromatic heterocycles. The topological polar surface area (TPSA) is 42.0 Å². The van der Waals surface area contributed by atoms with Gasteiger partial charge in [0.1, 0.15) is 0 Å². The van der Waals surface area contributed by atoms with Gasteiger partial charge in [-0.3, -0.25) is 9.78 Å². The van der Waals surface area contributed by atoms with Crippen molar-refractivity contribution in [1.82, 2.24) is 10.3 Å². The summed E-state index contributed by atoms with van der Waals surface area (Å²) < 4.78 is 0.831. The fourth-order valence-corrected chi connectivity index (χ4v) is 3.42. The highest BCUT2D eigenvalue weighted by Crippen LogP contribution is 2.24. The van der Waals surface area contributed by atoms with Crippen LogP contribution in [0, 0.1) is 0 Å². The lowest BCUT2D eigenvalue weighted by Gasteiger charge is -2.21. The highest BCUT2D eigenvalue weighted by atomic mass is 79.9. The molecule has 0 radical (unpaired) electrons. The van der Waals surface area contributed by atoms with Crippen LogP contribution in [0.1, 0.15) is 29.6 Å². The van der Waals surface area contributed by atoms with Crippen LogP contribution in [0.25, 0.3) is 0 Å². The monoisotopic (exact) mass is 314 g/mol. The van der Waals surface area contributed by atoms with Gasteiger partial charge in [-0.2, -0.15) is 11.8 Å². The molecule has 0 aromatic carbocycles. The minimum Gasteiger partial charge on any atom is -0.351 e. The van der Waals surface area contributed by atoms with Crippen LogP contribution in [0.3, 0.4) is 0 Å². The Bertz CT molecular complexity index is 394. The molecule has 0 bridgehead atoms. The standard InChI is InChI=1S/C12H15BrN2OS/c13-10-5-9(6-14-7-10)12(16)15-8-11-3-1-2-4-17-11/h5-7,11H,1-4,8H2,(H,15,16). The van der Waals surface area contributed by atoms with Gasteiger partial charge in [-0.15, -0.1) is 0 Å². The fourth-order valence-electron chi connectivity index (χ4n) is 1.81. The largest absolute Gasteiger partial charge is 0.351 e. The summed E-state index contributed by atoms with van der Waals surface area (Å²) in [6.45, 7) is 0.760. The van der Waals surface area contributed by atoms with Crippen molar-refractivity contribution in [2.45, 2.75) is 24.5 Å². The number of thioether (sulfide) groups is 1. The van der Waals surface area contributed by atoms with Crippen LogP contribution < -0.4 is 5.32 Å². The number of amides is 1. The molecule has 2 heterocycles. The second-order valence-corrected chi connectivity index (χ2v) is 6.41.